The SMILES string of the molecule is Cl.NC1C(O)[C@@H]2CCO[C@H]12. The van der Waals surface area contributed by atoms with Crippen molar-refractivity contribution in [2.24, 2.45) is 11.7 Å². The second kappa shape index (κ2) is 2.66. The molecule has 1 aliphatic carbocycles. The number of nitrogens with two attached hydrogens (primary N) is 1. The molecule has 3 nitrogen and oxygen atoms in total. The highest BCUT2D eigenvalue weighted by molar-refractivity contribution is 5.85. The number of aliphatic hydroxyl groups is 1. The van der Waals surface area contributed by atoms with E-state index in [1.165, 1.54) is 0 Å². The van der Waals surface area contributed by atoms with Gasteiger partial charge in [0.2, 0.25) is 0 Å². The van der Waals surface area contributed by atoms with Crippen LogP contribution >= 0.6 is 12.4 Å². The van der Waals surface area contributed by atoms with Gasteiger partial charge in [0.15, 0.2) is 0 Å². The lowest BCUT2D eigenvalue weighted by Gasteiger charge is -2.41. The Balaban J connectivity index is 0.000000500. The van der Waals surface area contributed by atoms with Gasteiger partial charge in [0.05, 0.1) is 18.2 Å². The highest BCUT2D eigenvalue weighted by atomic mass is 35.5. The van der Waals surface area contributed by atoms with Crippen molar-refractivity contribution < 1.29 is 9.84 Å². The summed E-state index contributed by atoms with van der Waals surface area (Å²) >= 11 is 0. The molecule has 10 heavy (non-hydrogen) atoms. The summed E-state index contributed by atoms with van der Waals surface area (Å²) in [5, 5.41) is 9.18. The lowest BCUT2D eigenvalue weighted by atomic mass is 9.74. The highest BCUT2D eigenvalue weighted by Gasteiger charge is 2.51. The minimum Gasteiger partial charge on any atom is -0.391 e. The Morgan fingerprint density at radius 2 is 2.20 bits per heavy atom. The Morgan fingerprint density at radius 1 is 1.50 bits per heavy atom. The van der Waals surface area contributed by atoms with Crippen molar-refractivity contribution in [2.45, 2.75) is 24.7 Å². The number of hydrogen-bond acceptors (Lipinski definition) is 3. The molecule has 3 N–H and O–H groups in total. The first kappa shape index (κ1) is 8.27. The molecule has 0 amide bonds. The number of aliphatic hydroxyl groups excluding tert-OH is 1. The van der Waals surface area contributed by atoms with Crippen LogP contribution in [0.4, 0.5) is 0 Å². The predicted octanol–water partition coefficient (Wildman–Crippen LogP) is -0.485. The second-order valence-electron chi connectivity index (χ2n) is 2.86. The summed E-state index contributed by atoms with van der Waals surface area (Å²) in [7, 11) is 0. The van der Waals surface area contributed by atoms with Crippen LogP contribution in [0.2, 0.25) is 0 Å². The first-order valence-electron chi connectivity index (χ1n) is 3.36. The van der Waals surface area contributed by atoms with E-state index in [1.807, 2.05) is 0 Å². The molecule has 0 aromatic rings. The molecule has 0 aromatic heterocycles. The first-order chi connectivity index (χ1) is 4.30. The summed E-state index contributed by atoms with van der Waals surface area (Å²) < 4.78 is 5.25. The fourth-order valence-electron chi connectivity index (χ4n) is 1.72. The molecule has 0 aromatic carbocycles. The van der Waals surface area contributed by atoms with Crippen LogP contribution in [0, 0.1) is 5.92 Å². The molecule has 0 bridgehead atoms. The van der Waals surface area contributed by atoms with Gasteiger partial charge in [-0.25, -0.2) is 0 Å². The average Bonchev–Trinajstić information content (AvgIpc) is 2.30. The van der Waals surface area contributed by atoms with Crippen molar-refractivity contribution in [2.75, 3.05) is 6.61 Å². The molecule has 4 heteroatoms. The summed E-state index contributed by atoms with van der Waals surface area (Å²) in [5.74, 6) is 0.347. The van der Waals surface area contributed by atoms with Gasteiger partial charge in [-0.2, -0.15) is 0 Å². The third-order valence-electron chi connectivity index (χ3n) is 2.40. The van der Waals surface area contributed by atoms with Gasteiger partial charge in [-0.05, 0) is 6.42 Å². The highest BCUT2D eigenvalue weighted by Crippen LogP contribution is 2.37. The average molecular weight is 166 g/mol. The van der Waals surface area contributed by atoms with E-state index in [0.29, 0.717) is 5.92 Å². The molecule has 2 aliphatic rings. The molecule has 1 heterocycles. The van der Waals surface area contributed by atoms with Crippen molar-refractivity contribution in [3.63, 3.8) is 0 Å². The van der Waals surface area contributed by atoms with Gasteiger partial charge >= 0.3 is 0 Å². The van der Waals surface area contributed by atoms with Crippen LogP contribution in [-0.4, -0.2) is 30.0 Å². The lowest BCUT2D eigenvalue weighted by molar-refractivity contribution is -0.0889. The summed E-state index contributed by atoms with van der Waals surface area (Å²) in [6.45, 7) is 0.778. The first-order valence-corrected chi connectivity index (χ1v) is 3.36. The molecular formula is C6H12ClNO2. The van der Waals surface area contributed by atoms with Gasteiger partial charge in [0, 0.05) is 12.5 Å². The van der Waals surface area contributed by atoms with Crippen LogP contribution in [0.1, 0.15) is 6.42 Å². The summed E-state index contributed by atoms with van der Waals surface area (Å²) in [6.07, 6.45) is 0.858. The van der Waals surface area contributed by atoms with Crippen molar-refractivity contribution in [1.29, 1.82) is 0 Å². The number of halogens is 1. The zero-order chi connectivity index (χ0) is 6.43. The molecule has 1 aliphatic heterocycles. The van der Waals surface area contributed by atoms with E-state index in [0.717, 1.165) is 13.0 Å². The van der Waals surface area contributed by atoms with Crippen LogP contribution in [0.15, 0.2) is 0 Å². The van der Waals surface area contributed by atoms with E-state index >= 15 is 0 Å². The smallest absolute Gasteiger partial charge is 0.0805 e. The third-order valence-corrected chi connectivity index (χ3v) is 2.40. The van der Waals surface area contributed by atoms with E-state index in [2.05, 4.69) is 0 Å². The Kier molecular flexibility index (Phi) is 2.20. The minimum atomic E-state index is -0.294. The summed E-state index contributed by atoms with van der Waals surface area (Å²) in [4.78, 5) is 0. The van der Waals surface area contributed by atoms with Gasteiger partial charge in [0.25, 0.3) is 0 Å². The Morgan fingerprint density at radius 3 is 2.80 bits per heavy atom. The van der Waals surface area contributed by atoms with Gasteiger partial charge in [-0.1, -0.05) is 0 Å². The molecule has 2 rings (SSSR count). The predicted molar refractivity (Wildman–Crippen MR) is 39.1 cm³/mol. The van der Waals surface area contributed by atoms with Crippen molar-refractivity contribution in [1.82, 2.24) is 0 Å². The largest absolute Gasteiger partial charge is 0.391 e. The molecule has 0 spiro atoms. The minimum absolute atomic E-state index is 0. The molecule has 1 saturated carbocycles. The quantitative estimate of drug-likeness (QED) is 0.510. The van der Waals surface area contributed by atoms with Crippen LogP contribution < -0.4 is 5.73 Å². The molecule has 2 fully saturated rings. The zero-order valence-electron chi connectivity index (χ0n) is 5.56. The van der Waals surface area contributed by atoms with Gasteiger partial charge in [-0.15, -0.1) is 12.4 Å². The molecular weight excluding hydrogens is 154 g/mol. The standard InChI is InChI=1S/C6H11NO2.ClH/c7-4-5(8)3-1-2-9-6(3)4;/h3-6,8H,1-2,7H2;1H/t3-,4?,5?,6-;/m0./s1. The maximum Gasteiger partial charge on any atom is 0.0805 e. The van der Waals surface area contributed by atoms with Crippen molar-refractivity contribution >= 4 is 12.4 Å². The van der Waals surface area contributed by atoms with Gasteiger partial charge < -0.3 is 15.6 Å². The van der Waals surface area contributed by atoms with Crippen LogP contribution in [0.3, 0.4) is 0 Å². The third kappa shape index (κ3) is 0.855. The molecule has 1 saturated heterocycles. The summed E-state index contributed by atoms with van der Waals surface area (Å²) in [5.41, 5.74) is 5.53. The zero-order valence-corrected chi connectivity index (χ0v) is 6.38. The number of fused-ring (bicyclic) bond motifs is 1. The van der Waals surface area contributed by atoms with Gasteiger partial charge in [0.1, 0.15) is 0 Å². The van der Waals surface area contributed by atoms with E-state index in [1.54, 1.807) is 0 Å². The van der Waals surface area contributed by atoms with Crippen LogP contribution in [-0.2, 0) is 4.74 Å². The number of hydrogen-bond donors (Lipinski definition) is 2. The molecule has 4 atom stereocenters. The maximum absolute atomic E-state index is 9.18. The van der Waals surface area contributed by atoms with E-state index < -0.39 is 0 Å². The Bertz CT molecular complexity index is 119. The van der Waals surface area contributed by atoms with E-state index in [-0.39, 0.29) is 30.7 Å². The topological polar surface area (TPSA) is 55.5 Å². The maximum atomic E-state index is 9.18. The summed E-state index contributed by atoms with van der Waals surface area (Å²) in [6, 6.07) is -0.113. The lowest BCUT2D eigenvalue weighted by Crippen LogP contribution is -2.62. The van der Waals surface area contributed by atoms with Crippen LogP contribution in [0.5, 0.6) is 0 Å². The van der Waals surface area contributed by atoms with Gasteiger partial charge in [-0.3, -0.25) is 0 Å². The van der Waals surface area contributed by atoms with Crippen LogP contribution in [0.25, 0.3) is 0 Å². The monoisotopic (exact) mass is 165 g/mol. The van der Waals surface area contributed by atoms with Crippen molar-refractivity contribution in [3.8, 4) is 0 Å². The Labute approximate surface area is 66.0 Å². The van der Waals surface area contributed by atoms with E-state index in [4.69, 9.17) is 10.5 Å². The molecule has 0 radical (unpaired) electrons. The molecule has 60 valence electrons. The normalized spacial score (nSPS) is 51.0. The molecule has 2 unspecified atom stereocenters. The fourth-order valence-corrected chi connectivity index (χ4v) is 1.72. The van der Waals surface area contributed by atoms with Crippen molar-refractivity contribution in [3.05, 3.63) is 0 Å². The fraction of sp³-hybridized carbons (Fsp3) is 1.00. The Hall–Kier alpha value is 0.170. The number of ether oxygens (including phenoxy) is 1. The number of rotatable bonds is 0. The van der Waals surface area contributed by atoms with E-state index in [9.17, 15) is 5.11 Å². The second-order valence-corrected chi connectivity index (χ2v) is 2.86.